The number of fused-ring (bicyclic) bond motifs is 2. The summed E-state index contributed by atoms with van der Waals surface area (Å²) >= 11 is 0. The molecule has 4 aromatic rings. The van der Waals surface area contributed by atoms with Gasteiger partial charge in [0, 0.05) is 35.9 Å². The first-order chi connectivity index (χ1) is 13.4. The number of H-pyrrole nitrogens is 2. The van der Waals surface area contributed by atoms with E-state index in [2.05, 4.69) is 33.8 Å². The number of nitrogens with one attached hydrogen (secondary N) is 2. The van der Waals surface area contributed by atoms with Crippen molar-refractivity contribution in [1.29, 1.82) is 0 Å². The van der Waals surface area contributed by atoms with Gasteiger partial charge in [0.15, 0.2) is 10.9 Å². The van der Waals surface area contributed by atoms with E-state index >= 15 is 0 Å². The number of hydrogen-bond acceptors (Lipinski definition) is 4. The summed E-state index contributed by atoms with van der Waals surface area (Å²) in [5.41, 5.74) is 3.32. The molecule has 0 bridgehead atoms. The number of pyridine rings is 4. The van der Waals surface area contributed by atoms with Crippen LogP contribution in [0.2, 0.25) is 0 Å². The molecule has 28 heavy (non-hydrogen) atoms. The summed E-state index contributed by atoms with van der Waals surface area (Å²) in [6.07, 6.45) is 3.31. The number of aromatic nitrogens is 4. The Bertz CT molecular complexity index is 1210. The number of nitrogens with zero attached hydrogens (tertiary/aromatic N) is 2. The third kappa shape index (κ3) is 4.17. The zero-order valence-corrected chi connectivity index (χ0v) is 16.5. The van der Waals surface area contributed by atoms with Crippen molar-refractivity contribution in [3.8, 4) is 0 Å². The van der Waals surface area contributed by atoms with E-state index < -0.39 is 0 Å². The summed E-state index contributed by atoms with van der Waals surface area (Å²) < 4.78 is 0. The Balaban J connectivity index is 0.000000161. The van der Waals surface area contributed by atoms with Crippen molar-refractivity contribution in [2.24, 2.45) is 0 Å². The second-order valence-electron chi connectivity index (χ2n) is 7.27. The molecule has 0 fully saturated rings. The van der Waals surface area contributed by atoms with Gasteiger partial charge in [0.05, 0.1) is 10.8 Å². The van der Waals surface area contributed by atoms with E-state index in [0.29, 0.717) is 33.9 Å². The average Bonchev–Trinajstić information content (AvgIpc) is 2.68. The van der Waals surface area contributed by atoms with Crippen LogP contribution in [0.5, 0.6) is 0 Å². The fourth-order valence-electron chi connectivity index (χ4n) is 2.80. The number of hydrogen-bond donors (Lipinski definition) is 2. The molecule has 2 N–H and O–H groups in total. The normalized spacial score (nSPS) is 11.1. The van der Waals surface area contributed by atoms with Crippen molar-refractivity contribution in [2.75, 3.05) is 0 Å². The standard InChI is InChI=1S/2C11H12N2O/c1-7(2)9-4-3-8-10(14)5-6-12-11(8)13-9;1-7(2)9-6-10(14)8-4-3-5-12-11(8)13-9/h2*3-7H,1-2H3,(H,12,13,14). The highest BCUT2D eigenvalue weighted by molar-refractivity contribution is 5.74. The summed E-state index contributed by atoms with van der Waals surface area (Å²) in [5.74, 6) is 0.692. The van der Waals surface area contributed by atoms with Gasteiger partial charge in [0.2, 0.25) is 0 Å². The Labute approximate surface area is 162 Å². The zero-order chi connectivity index (χ0) is 20.3. The van der Waals surface area contributed by atoms with E-state index in [1.165, 1.54) is 6.07 Å². The van der Waals surface area contributed by atoms with Crippen molar-refractivity contribution in [2.45, 2.75) is 39.5 Å². The number of rotatable bonds is 2. The van der Waals surface area contributed by atoms with E-state index in [1.807, 2.05) is 26.0 Å². The molecule has 4 rings (SSSR count). The largest absolute Gasteiger partial charge is 0.346 e. The second-order valence-corrected chi connectivity index (χ2v) is 7.27. The van der Waals surface area contributed by atoms with Gasteiger partial charge >= 0.3 is 0 Å². The van der Waals surface area contributed by atoms with Gasteiger partial charge in [-0.3, -0.25) is 9.59 Å². The van der Waals surface area contributed by atoms with E-state index in [4.69, 9.17) is 0 Å². The lowest BCUT2D eigenvalue weighted by Crippen LogP contribution is -2.06. The minimum absolute atomic E-state index is 0.0153. The smallest absolute Gasteiger partial charge is 0.191 e. The molecule has 0 atom stereocenters. The van der Waals surface area contributed by atoms with Gasteiger partial charge in [-0.2, -0.15) is 0 Å². The quantitative estimate of drug-likeness (QED) is 0.551. The Morgan fingerprint density at radius 1 is 0.857 bits per heavy atom. The molecular formula is C22H24N4O2. The van der Waals surface area contributed by atoms with E-state index in [9.17, 15) is 9.59 Å². The average molecular weight is 376 g/mol. The molecule has 0 aliphatic carbocycles. The first kappa shape index (κ1) is 19.5. The minimum Gasteiger partial charge on any atom is -0.346 e. The Morgan fingerprint density at radius 3 is 2.32 bits per heavy atom. The molecular weight excluding hydrogens is 352 g/mol. The molecule has 144 valence electrons. The molecule has 0 aliphatic rings. The van der Waals surface area contributed by atoms with Crippen LogP contribution in [0.1, 0.15) is 50.9 Å². The van der Waals surface area contributed by atoms with Crippen LogP contribution < -0.4 is 10.9 Å². The Morgan fingerprint density at radius 2 is 1.61 bits per heavy atom. The summed E-state index contributed by atoms with van der Waals surface area (Å²) in [4.78, 5) is 37.7. The minimum atomic E-state index is 0.0153. The van der Waals surface area contributed by atoms with Crippen LogP contribution in [0.3, 0.4) is 0 Å². The van der Waals surface area contributed by atoms with Crippen molar-refractivity contribution < 1.29 is 0 Å². The van der Waals surface area contributed by atoms with Crippen LogP contribution in [0.4, 0.5) is 0 Å². The van der Waals surface area contributed by atoms with Gasteiger partial charge in [-0.05, 0) is 36.1 Å². The van der Waals surface area contributed by atoms with Gasteiger partial charge in [0.25, 0.3) is 0 Å². The molecule has 4 heterocycles. The summed E-state index contributed by atoms with van der Waals surface area (Å²) in [5, 5.41) is 1.30. The topological polar surface area (TPSA) is 91.5 Å². The molecule has 4 aromatic heterocycles. The van der Waals surface area contributed by atoms with Gasteiger partial charge in [-0.1, -0.05) is 27.7 Å². The molecule has 0 saturated heterocycles. The van der Waals surface area contributed by atoms with Crippen molar-refractivity contribution in [3.63, 3.8) is 0 Å². The van der Waals surface area contributed by atoms with Crippen LogP contribution in [0, 0.1) is 0 Å². The highest BCUT2D eigenvalue weighted by atomic mass is 16.1. The van der Waals surface area contributed by atoms with Gasteiger partial charge in [0.1, 0.15) is 11.3 Å². The molecule has 0 amide bonds. The molecule has 6 nitrogen and oxygen atoms in total. The Hall–Kier alpha value is -3.28. The lowest BCUT2D eigenvalue weighted by molar-refractivity contribution is 0.826. The fraction of sp³-hybridized carbons (Fsp3) is 0.273. The van der Waals surface area contributed by atoms with Crippen LogP contribution in [-0.2, 0) is 0 Å². The van der Waals surface area contributed by atoms with E-state index in [0.717, 1.165) is 11.4 Å². The summed E-state index contributed by atoms with van der Waals surface area (Å²) in [7, 11) is 0. The highest BCUT2D eigenvalue weighted by Crippen LogP contribution is 2.14. The predicted molar refractivity (Wildman–Crippen MR) is 113 cm³/mol. The molecule has 0 unspecified atom stereocenters. The van der Waals surface area contributed by atoms with Crippen molar-refractivity contribution >= 4 is 22.1 Å². The van der Waals surface area contributed by atoms with Crippen molar-refractivity contribution in [3.05, 3.63) is 80.6 Å². The van der Waals surface area contributed by atoms with Crippen LogP contribution >= 0.6 is 0 Å². The molecule has 0 saturated carbocycles. The van der Waals surface area contributed by atoms with Gasteiger partial charge in [-0.25, -0.2) is 9.97 Å². The first-order valence-corrected chi connectivity index (χ1v) is 9.33. The first-order valence-electron chi connectivity index (χ1n) is 9.33. The maximum absolute atomic E-state index is 11.6. The van der Waals surface area contributed by atoms with Gasteiger partial charge in [-0.15, -0.1) is 0 Å². The maximum atomic E-state index is 11.6. The fourth-order valence-corrected chi connectivity index (χ4v) is 2.80. The monoisotopic (exact) mass is 376 g/mol. The van der Waals surface area contributed by atoms with Crippen molar-refractivity contribution in [1.82, 2.24) is 19.9 Å². The molecule has 0 spiro atoms. The molecule has 0 aromatic carbocycles. The lowest BCUT2D eigenvalue weighted by Gasteiger charge is -2.05. The third-order valence-electron chi connectivity index (χ3n) is 4.47. The number of aromatic amines is 2. The molecule has 6 heteroatoms. The van der Waals surface area contributed by atoms with E-state index in [1.54, 1.807) is 30.6 Å². The molecule has 0 radical (unpaired) electrons. The molecule has 0 aliphatic heterocycles. The third-order valence-corrected chi connectivity index (χ3v) is 4.47. The summed E-state index contributed by atoms with van der Waals surface area (Å²) in [6.45, 7) is 8.24. The van der Waals surface area contributed by atoms with E-state index in [-0.39, 0.29) is 10.9 Å². The van der Waals surface area contributed by atoms with Gasteiger partial charge < -0.3 is 9.97 Å². The Kier molecular flexibility index (Phi) is 5.68. The van der Waals surface area contributed by atoms with Crippen LogP contribution in [0.15, 0.2) is 58.4 Å². The second kappa shape index (κ2) is 8.17. The SMILES string of the molecule is CC(C)c1cc(=O)c2cccnc2[nH]1.CC(C)c1ccc2c(=O)cc[nH]c2n1. The predicted octanol–water partition coefficient (Wildman–Crippen LogP) is 4.09. The van der Waals surface area contributed by atoms with Crippen LogP contribution in [-0.4, -0.2) is 19.9 Å². The van der Waals surface area contributed by atoms with Crippen LogP contribution in [0.25, 0.3) is 22.1 Å². The summed E-state index contributed by atoms with van der Waals surface area (Å²) in [6, 6.07) is 10.4. The lowest BCUT2D eigenvalue weighted by atomic mass is 10.1. The highest BCUT2D eigenvalue weighted by Gasteiger charge is 2.05. The maximum Gasteiger partial charge on any atom is 0.191 e. The zero-order valence-electron chi connectivity index (χ0n) is 16.5.